The highest BCUT2D eigenvalue weighted by molar-refractivity contribution is 6.42. The van der Waals surface area contributed by atoms with E-state index in [4.69, 9.17) is 27.9 Å². The van der Waals surface area contributed by atoms with Gasteiger partial charge in [0.25, 0.3) is 0 Å². The maximum atomic E-state index is 12.6. The topological polar surface area (TPSA) is 79.1 Å². The maximum absolute atomic E-state index is 12.6. The summed E-state index contributed by atoms with van der Waals surface area (Å²) in [7, 11) is 1.61. The Balaban J connectivity index is 1.88. The number of ether oxygens (including phenoxy) is 1. The molecule has 2 N–H and O–H groups in total. The van der Waals surface area contributed by atoms with Gasteiger partial charge in [-0.25, -0.2) is 4.79 Å². The van der Waals surface area contributed by atoms with Crippen molar-refractivity contribution in [2.75, 3.05) is 17.7 Å². The Morgan fingerprint density at radius 1 is 1.10 bits per heavy atom. The summed E-state index contributed by atoms with van der Waals surface area (Å²) in [6.07, 6.45) is 0. The first-order valence-electron chi connectivity index (χ1n) is 9.09. The van der Waals surface area contributed by atoms with Gasteiger partial charge in [-0.2, -0.15) is 5.26 Å². The number of carbonyl (C=O) groups excluding carboxylic acids is 1. The first kappa shape index (κ1) is 21.6. The second-order valence-corrected chi connectivity index (χ2v) is 7.50. The molecule has 0 aliphatic heterocycles. The number of rotatable bonds is 5. The van der Waals surface area contributed by atoms with Crippen LogP contribution in [0.1, 0.15) is 22.4 Å². The molecule has 1 aromatic heterocycles. The monoisotopic (exact) mass is 442 g/mol. The summed E-state index contributed by atoms with van der Waals surface area (Å²) in [5.74, 6) is 1.19. The minimum Gasteiger partial charge on any atom is -0.497 e. The molecular formula is C22H20Cl2N4O2. The van der Waals surface area contributed by atoms with Gasteiger partial charge in [-0.3, -0.25) is 5.32 Å². The first-order chi connectivity index (χ1) is 14.3. The molecule has 2 amide bonds. The number of methoxy groups -OCH3 is 1. The molecule has 0 aliphatic rings. The van der Waals surface area contributed by atoms with Crippen molar-refractivity contribution >= 4 is 40.7 Å². The molecule has 8 heteroatoms. The van der Waals surface area contributed by atoms with Crippen LogP contribution in [0.4, 0.5) is 16.3 Å². The van der Waals surface area contributed by atoms with Crippen molar-refractivity contribution in [1.82, 2.24) is 4.57 Å². The molecule has 0 saturated heterocycles. The molecule has 3 rings (SSSR count). The van der Waals surface area contributed by atoms with Crippen molar-refractivity contribution < 1.29 is 9.53 Å². The van der Waals surface area contributed by atoms with Crippen LogP contribution in [0.3, 0.4) is 0 Å². The van der Waals surface area contributed by atoms with Crippen molar-refractivity contribution in [3.63, 3.8) is 0 Å². The van der Waals surface area contributed by atoms with E-state index in [0.717, 1.165) is 22.6 Å². The lowest BCUT2D eigenvalue weighted by Gasteiger charge is -2.14. The Morgan fingerprint density at radius 3 is 2.40 bits per heavy atom. The quantitative estimate of drug-likeness (QED) is 0.509. The van der Waals surface area contributed by atoms with Gasteiger partial charge in [-0.05, 0) is 55.3 Å². The summed E-state index contributed by atoms with van der Waals surface area (Å²) in [4.78, 5) is 12.6. The number of nitrogens with zero attached hydrogens (tertiary/aromatic N) is 2. The normalized spacial score (nSPS) is 10.4. The zero-order chi connectivity index (χ0) is 21.8. The Hall–Kier alpha value is -3.14. The fourth-order valence-electron chi connectivity index (χ4n) is 3.09. The minimum absolute atomic E-state index is 0.335. The average Bonchev–Trinajstić information content (AvgIpc) is 2.95. The van der Waals surface area contributed by atoms with E-state index in [-0.39, 0.29) is 0 Å². The fraction of sp³-hybridized carbons (Fsp3) is 0.182. The molecule has 0 bridgehead atoms. The second-order valence-electron chi connectivity index (χ2n) is 6.69. The number of amides is 2. The van der Waals surface area contributed by atoms with E-state index in [9.17, 15) is 10.1 Å². The third-order valence-electron chi connectivity index (χ3n) is 4.85. The predicted molar refractivity (Wildman–Crippen MR) is 120 cm³/mol. The number of halogens is 2. The van der Waals surface area contributed by atoms with E-state index in [1.165, 1.54) is 0 Å². The third kappa shape index (κ3) is 4.54. The zero-order valence-electron chi connectivity index (χ0n) is 16.7. The summed E-state index contributed by atoms with van der Waals surface area (Å²) in [5, 5.41) is 15.9. The van der Waals surface area contributed by atoms with Crippen molar-refractivity contribution in [2.45, 2.75) is 20.4 Å². The Morgan fingerprint density at radius 2 is 1.80 bits per heavy atom. The molecule has 3 aromatic rings. The molecule has 0 unspecified atom stereocenters. The van der Waals surface area contributed by atoms with E-state index >= 15 is 0 Å². The molecule has 0 spiro atoms. The zero-order valence-corrected chi connectivity index (χ0v) is 18.2. The number of benzene rings is 2. The van der Waals surface area contributed by atoms with E-state index in [1.54, 1.807) is 25.3 Å². The molecule has 154 valence electrons. The van der Waals surface area contributed by atoms with Gasteiger partial charge in [0.1, 0.15) is 17.6 Å². The van der Waals surface area contributed by atoms with Crippen molar-refractivity contribution in [3.8, 4) is 11.8 Å². The van der Waals surface area contributed by atoms with Crippen LogP contribution < -0.4 is 15.4 Å². The number of nitrogens with one attached hydrogen (secondary N) is 2. The van der Waals surface area contributed by atoms with Crippen LogP contribution in [0, 0.1) is 25.2 Å². The van der Waals surface area contributed by atoms with Gasteiger partial charge in [0.15, 0.2) is 0 Å². The minimum atomic E-state index is -0.488. The standard InChI is InChI=1S/C22H20Cl2N4O2/c1-13-14(2)28(12-15-4-7-17(30-3)8-5-15)21(18(13)11-25)27-22(29)26-16-6-9-19(23)20(24)10-16/h4-10H,12H2,1-3H3,(H2,26,27,29). The van der Waals surface area contributed by atoms with Gasteiger partial charge in [-0.15, -0.1) is 0 Å². The smallest absolute Gasteiger partial charge is 0.324 e. The number of carbonyl (C=O) groups is 1. The Kier molecular flexibility index (Phi) is 6.56. The fourth-order valence-corrected chi connectivity index (χ4v) is 3.38. The van der Waals surface area contributed by atoms with Gasteiger partial charge in [0.2, 0.25) is 0 Å². The van der Waals surface area contributed by atoms with Crippen molar-refractivity contribution in [1.29, 1.82) is 5.26 Å². The molecule has 1 heterocycles. The second kappa shape index (κ2) is 9.12. The summed E-state index contributed by atoms with van der Waals surface area (Å²) >= 11 is 11.9. The van der Waals surface area contributed by atoms with Crippen molar-refractivity contribution in [2.24, 2.45) is 0 Å². The van der Waals surface area contributed by atoms with E-state index in [1.807, 2.05) is 42.7 Å². The highest BCUT2D eigenvalue weighted by atomic mass is 35.5. The van der Waals surface area contributed by atoms with Gasteiger partial charge in [0.05, 0.1) is 22.7 Å². The lowest BCUT2D eigenvalue weighted by atomic mass is 10.2. The van der Waals surface area contributed by atoms with Crippen LogP contribution in [0.5, 0.6) is 5.75 Å². The SMILES string of the molecule is COc1ccc(Cn2c(C)c(C)c(C#N)c2NC(=O)Nc2ccc(Cl)c(Cl)c2)cc1. The van der Waals surface area contributed by atoms with Crippen LogP contribution in [-0.4, -0.2) is 17.7 Å². The van der Waals surface area contributed by atoms with Crippen LogP contribution in [0.25, 0.3) is 0 Å². The lowest BCUT2D eigenvalue weighted by molar-refractivity contribution is 0.262. The molecule has 30 heavy (non-hydrogen) atoms. The van der Waals surface area contributed by atoms with Crippen LogP contribution >= 0.6 is 23.2 Å². The van der Waals surface area contributed by atoms with Gasteiger partial charge in [-0.1, -0.05) is 35.3 Å². The molecule has 0 fully saturated rings. The van der Waals surface area contributed by atoms with Crippen molar-refractivity contribution in [3.05, 3.63) is 74.9 Å². The van der Waals surface area contributed by atoms with Crippen LogP contribution in [-0.2, 0) is 6.54 Å². The maximum Gasteiger partial charge on any atom is 0.324 e. The summed E-state index contributed by atoms with van der Waals surface area (Å²) in [6.45, 7) is 4.27. The van der Waals surface area contributed by atoms with Crippen LogP contribution in [0.2, 0.25) is 10.0 Å². The molecule has 6 nitrogen and oxygen atoms in total. The van der Waals surface area contributed by atoms with Gasteiger partial charge in [0, 0.05) is 17.9 Å². The van der Waals surface area contributed by atoms with E-state index < -0.39 is 6.03 Å². The van der Waals surface area contributed by atoms with Gasteiger partial charge >= 0.3 is 6.03 Å². The van der Waals surface area contributed by atoms with E-state index in [0.29, 0.717) is 33.7 Å². The predicted octanol–water partition coefficient (Wildman–Crippen LogP) is 5.98. The summed E-state index contributed by atoms with van der Waals surface area (Å²) in [5.41, 5.74) is 3.63. The molecule has 0 aliphatic carbocycles. The number of hydrogen-bond acceptors (Lipinski definition) is 3. The number of urea groups is 1. The van der Waals surface area contributed by atoms with E-state index in [2.05, 4.69) is 16.7 Å². The molecular weight excluding hydrogens is 423 g/mol. The molecule has 0 atom stereocenters. The van der Waals surface area contributed by atoms with Crippen LogP contribution in [0.15, 0.2) is 42.5 Å². The first-order valence-corrected chi connectivity index (χ1v) is 9.85. The van der Waals surface area contributed by atoms with Gasteiger partial charge < -0.3 is 14.6 Å². The highest BCUT2D eigenvalue weighted by Crippen LogP contribution is 2.29. The highest BCUT2D eigenvalue weighted by Gasteiger charge is 2.20. The summed E-state index contributed by atoms with van der Waals surface area (Å²) < 4.78 is 7.11. The molecule has 2 aromatic carbocycles. The summed E-state index contributed by atoms with van der Waals surface area (Å²) in [6, 6.07) is 14.1. The Labute approximate surface area is 185 Å². The number of aromatic nitrogens is 1. The number of nitriles is 1. The average molecular weight is 443 g/mol. The Bertz CT molecular complexity index is 1130. The molecule has 0 radical (unpaired) electrons. The molecule has 0 saturated carbocycles. The lowest BCUT2D eigenvalue weighted by Crippen LogP contribution is -2.22. The number of hydrogen-bond donors (Lipinski definition) is 2. The largest absolute Gasteiger partial charge is 0.497 e. The third-order valence-corrected chi connectivity index (χ3v) is 5.59. The number of anilines is 2.